The highest BCUT2D eigenvalue weighted by Crippen LogP contribution is 2.32. The summed E-state index contributed by atoms with van der Waals surface area (Å²) < 4.78 is 0. The van der Waals surface area contributed by atoms with Gasteiger partial charge in [0.15, 0.2) is 0 Å². The summed E-state index contributed by atoms with van der Waals surface area (Å²) in [6.07, 6.45) is 1.87. The Morgan fingerprint density at radius 3 is 2.07 bits per heavy atom. The monoisotopic (exact) mass is 217 g/mol. The van der Waals surface area contributed by atoms with Crippen molar-refractivity contribution in [3.8, 4) is 10.6 Å². The average Bonchev–Trinajstić information content (AvgIpc) is 2.69. The smallest absolute Gasteiger partial charge is 0.123 e. The van der Waals surface area contributed by atoms with Gasteiger partial charge in [0, 0.05) is 17.1 Å². The first-order valence-corrected chi connectivity index (χ1v) is 5.96. The summed E-state index contributed by atoms with van der Waals surface area (Å²) in [6, 6.07) is 2.25. The number of nitrogens with zero attached hydrogens (tertiary/aromatic N) is 1. The van der Waals surface area contributed by atoms with Crippen molar-refractivity contribution in [3.63, 3.8) is 0 Å². The maximum Gasteiger partial charge on any atom is 0.123 e. The normalized spacial score (nSPS) is 10.7. The van der Waals surface area contributed by atoms with E-state index in [0.29, 0.717) is 0 Å². The summed E-state index contributed by atoms with van der Waals surface area (Å²) in [6.45, 7) is 8.69. The zero-order valence-corrected chi connectivity index (χ0v) is 10.4. The molecule has 15 heavy (non-hydrogen) atoms. The largest absolute Gasteiger partial charge is 0.245 e. The number of aromatic nitrogens is 1. The van der Waals surface area contributed by atoms with E-state index in [-0.39, 0.29) is 0 Å². The van der Waals surface area contributed by atoms with Crippen LogP contribution in [0, 0.1) is 27.7 Å². The third-order valence-corrected chi connectivity index (χ3v) is 3.80. The fourth-order valence-corrected chi connectivity index (χ4v) is 2.68. The molecule has 0 unspecified atom stereocenters. The lowest BCUT2D eigenvalue weighted by Crippen LogP contribution is -1.94. The Morgan fingerprint density at radius 2 is 1.60 bits per heavy atom. The first-order chi connectivity index (χ1) is 7.11. The molecule has 0 aliphatic rings. The second kappa shape index (κ2) is 3.78. The maximum atomic E-state index is 4.41. The lowest BCUT2D eigenvalue weighted by molar-refractivity contribution is 1.23. The van der Waals surface area contributed by atoms with Crippen molar-refractivity contribution < 1.29 is 0 Å². The first-order valence-electron chi connectivity index (χ1n) is 5.08. The van der Waals surface area contributed by atoms with E-state index >= 15 is 0 Å². The Balaban J connectivity index is 2.75. The minimum Gasteiger partial charge on any atom is -0.245 e. The molecule has 0 fully saturated rings. The molecule has 1 nitrogen and oxygen atoms in total. The van der Waals surface area contributed by atoms with E-state index < -0.39 is 0 Å². The summed E-state index contributed by atoms with van der Waals surface area (Å²) in [5.74, 6) is 0. The second-order valence-electron chi connectivity index (χ2n) is 3.97. The van der Waals surface area contributed by atoms with Crippen LogP contribution in [0.15, 0.2) is 17.6 Å². The molecule has 1 aromatic heterocycles. The molecule has 0 amide bonds. The SMILES string of the molecule is Cc1cc(C)c(C)c(-c2nccs2)c1C. The third-order valence-electron chi connectivity index (χ3n) is 3.01. The number of hydrogen-bond donors (Lipinski definition) is 0. The fourth-order valence-electron chi connectivity index (χ4n) is 1.88. The lowest BCUT2D eigenvalue weighted by Gasteiger charge is -2.12. The highest BCUT2D eigenvalue weighted by atomic mass is 32.1. The van der Waals surface area contributed by atoms with Crippen LogP contribution in [0.5, 0.6) is 0 Å². The summed E-state index contributed by atoms with van der Waals surface area (Å²) in [4.78, 5) is 4.41. The molecule has 0 spiro atoms. The molecule has 78 valence electrons. The van der Waals surface area contributed by atoms with Crippen LogP contribution < -0.4 is 0 Å². The molecule has 1 heterocycles. The minimum absolute atomic E-state index is 1.14. The van der Waals surface area contributed by atoms with Gasteiger partial charge in [-0.2, -0.15) is 0 Å². The van der Waals surface area contributed by atoms with Gasteiger partial charge in [0.2, 0.25) is 0 Å². The van der Waals surface area contributed by atoms with E-state index in [1.165, 1.54) is 27.8 Å². The van der Waals surface area contributed by atoms with Crippen molar-refractivity contribution in [2.75, 3.05) is 0 Å². The van der Waals surface area contributed by atoms with E-state index in [2.05, 4.69) is 38.7 Å². The van der Waals surface area contributed by atoms with E-state index in [4.69, 9.17) is 0 Å². The molecule has 0 aliphatic heterocycles. The van der Waals surface area contributed by atoms with Crippen molar-refractivity contribution in [2.45, 2.75) is 27.7 Å². The predicted octanol–water partition coefficient (Wildman–Crippen LogP) is 4.04. The van der Waals surface area contributed by atoms with Crippen molar-refractivity contribution in [1.29, 1.82) is 0 Å². The summed E-state index contributed by atoms with van der Waals surface area (Å²) in [5.41, 5.74) is 6.73. The first kappa shape index (κ1) is 10.4. The van der Waals surface area contributed by atoms with Crippen molar-refractivity contribution in [2.24, 2.45) is 0 Å². The van der Waals surface area contributed by atoms with Crippen molar-refractivity contribution in [1.82, 2.24) is 4.98 Å². The van der Waals surface area contributed by atoms with Gasteiger partial charge in [0.25, 0.3) is 0 Å². The molecule has 0 saturated carbocycles. The molecule has 0 aliphatic carbocycles. The van der Waals surface area contributed by atoms with Crippen LogP contribution in [0.4, 0.5) is 0 Å². The van der Waals surface area contributed by atoms with Gasteiger partial charge in [-0.15, -0.1) is 11.3 Å². The third kappa shape index (κ3) is 1.70. The summed E-state index contributed by atoms with van der Waals surface area (Å²) >= 11 is 1.71. The molecule has 2 rings (SSSR count). The minimum atomic E-state index is 1.14. The van der Waals surface area contributed by atoms with E-state index in [9.17, 15) is 0 Å². The van der Waals surface area contributed by atoms with E-state index in [1.54, 1.807) is 11.3 Å². The molecule has 0 N–H and O–H groups in total. The molecule has 0 bridgehead atoms. The zero-order valence-electron chi connectivity index (χ0n) is 9.59. The van der Waals surface area contributed by atoms with Crippen LogP contribution >= 0.6 is 11.3 Å². The zero-order chi connectivity index (χ0) is 11.0. The van der Waals surface area contributed by atoms with Crippen LogP contribution in [0.1, 0.15) is 22.3 Å². The highest BCUT2D eigenvalue weighted by molar-refractivity contribution is 7.13. The molecule has 0 saturated heterocycles. The number of rotatable bonds is 1. The van der Waals surface area contributed by atoms with E-state index in [1.807, 2.05) is 11.6 Å². The Bertz CT molecular complexity index is 457. The van der Waals surface area contributed by atoms with Gasteiger partial charge in [-0.05, 0) is 49.9 Å². The van der Waals surface area contributed by atoms with Crippen LogP contribution in [-0.4, -0.2) is 4.98 Å². The van der Waals surface area contributed by atoms with Crippen LogP contribution in [0.2, 0.25) is 0 Å². The Kier molecular flexibility index (Phi) is 2.61. The van der Waals surface area contributed by atoms with Gasteiger partial charge in [0.1, 0.15) is 5.01 Å². The van der Waals surface area contributed by atoms with Crippen molar-refractivity contribution in [3.05, 3.63) is 39.9 Å². The average molecular weight is 217 g/mol. The number of benzene rings is 1. The molecule has 2 heteroatoms. The summed E-state index contributed by atoms with van der Waals surface area (Å²) in [5, 5.41) is 3.17. The van der Waals surface area contributed by atoms with E-state index in [0.717, 1.165) is 5.01 Å². The highest BCUT2D eigenvalue weighted by Gasteiger charge is 2.11. The topological polar surface area (TPSA) is 12.9 Å². The van der Waals surface area contributed by atoms with Gasteiger partial charge < -0.3 is 0 Å². The quantitative estimate of drug-likeness (QED) is 0.702. The molecule has 0 atom stereocenters. The van der Waals surface area contributed by atoms with Gasteiger partial charge >= 0.3 is 0 Å². The number of hydrogen-bond acceptors (Lipinski definition) is 2. The van der Waals surface area contributed by atoms with Crippen molar-refractivity contribution >= 4 is 11.3 Å². The second-order valence-corrected chi connectivity index (χ2v) is 4.87. The molecular weight excluding hydrogens is 202 g/mol. The maximum absolute atomic E-state index is 4.41. The number of aryl methyl sites for hydroxylation is 2. The van der Waals surface area contributed by atoms with Gasteiger partial charge in [-0.1, -0.05) is 6.07 Å². The van der Waals surface area contributed by atoms with Crippen LogP contribution in [-0.2, 0) is 0 Å². The molecule has 1 aromatic carbocycles. The Hall–Kier alpha value is -1.15. The molecular formula is C13H15NS. The predicted molar refractivity (Wildman–Crippen MR) is 66.5 cm³/mol. The Labute approximate surface area is 94.8 Å². The Morgan fingerprint density at radius 1 is 1.00 bits per heavy atom. The van der Waals surface area contributed by atoms with Gasteiger partial charge in [-0.25, -0.2) is 4.98 Å². The lowest BCUT2D eigenvalue weighted by atomic mass is 9.95. The fraction of sp³-hybridized carbons (Fsp3) is 0.308. The summed E-state index contributed by atoms with van der Waals surface area (Å²) in [7, 11) is 0. The molecule has 2 aromatic rings. The van der Waals surface area contributed by atoms with Crippen LogP contribution in [0.3, 0.4) is 0 Å². The van der Waals surface area contributed by atoms with Crippen LogP contribution in [0.25, 0.3) is 10.6 Å². The van der Waals surface area contributed by atoms with Gasteiger partial charge in [-0.3, -0.25) is 0 Å². The number of thiazole rings is 1. The standard InChI is InChI=1S/C13H15NS/c1-8-7-9(2)11(4)12(10(8)3)13-14-5-6-15-13/h5-7H,1-4H3. The molecule has 0 radical (unpaired) electrons. The van der Waals surface area contributed by atoms with Gasteiger partial charge in [0.05, 0.1) is 0 Å².